The first-order valence-corrected chi connectivity index (χ1v) is 11.1. The average Bonchev–Trinajstić information content (AvgIpc) is 3.11. The maximum Gasteiger partial charge on any atom is 0.269 e. The number of aryl methyl sites for hydroxylation is 1. The van der Waals surface area contributed by atoms with Gasteiger partial charge in [-0.15, -0.1) is 0 Å². The first kappa shape index (κ1) is 22.3. The van der Waals surface area contributed by atoms with E-state index in [9.17, 15) is 15.4 Å². The Morgan fingerprint density at radius 1 is 0.970 bits per heavy atom. The second kappa shape index (κ2) is 9.27. The number of nitrogens with zero attached hydrogens (tertiary/aromatic N) is 3. The highest BCUT2D eigenvalue weighted by molar-refractivity contribution is 9.10. The molecule has 0 fully saturated rings. The Bertz CT molecular complexity index is 1390. The summed E-state index contributed by atoms with van der Waals surface area (Å²) < 4.78 is 3.13. The lowest BCUT2D eigenvalue weighted by molar-refractivity contribution is -0.384. The summed E-state index contributed by atoms with van der Waals surface area (Å²) in [5.41, 5.74) is 7.58. The van der Waals surface area contributed by atoms with E-state index in [-0.39, 0.29) is 5.69 Å². The summed E-state index contributed by atoms with van der Waals surface area (Å²) in [6, 6.07) is 26.7. The largest absolute Gasteiger partial charge is 0.318 e. The lowest BCUT2D eigenvalue weighted by Crippen LogP contribution is -1.99. The topological polar surface area (TPSA) is 71.9 Å². The van der Waals surface area contributed by atoms with Crippen molar-refractivity contribution in [1.29, 1.82) is 5.26 Å². The van der Waals surface area contributed by atoms with Crippen LogP contribution in [-0.4, -0.2) is 9.49 Å². The van der Waals surface area contributed by atoms with Crippen LogP contribution >= 0.6 is 15.9 Å². The van der Waals surface area contributed by atoms with E-state index in [1.165, 1.54) is 12.1 Å². The number of aromatic nitrogens is 1. The molecule has 4 aromatic rings. The van der Waals surface area contributed by atoms with E-state index < -0.39 is 4.92 Å². The number of nitro groups is 1. The van der Waals surface area contributed by atoms with E-state index >= 15 is 0 Å². The number of hydrogen-bond acceptors (Lipinski definition) is 3. The zero-order chi connectivity index (χ0) is 23.5. The van der Waals surface area contributed by atoms with Crippen molar-refractivity contribution in [2.75, 3.05) is 0 Å². The molecular weight excluding hydrogens is 478 g/mol. The van der Waals surface area contributed by atoms with Crippen molar-refractivity contribution >= 4 is 33.3 Å². The smallest absolute Gasteiger partial charge is 0.269 e. The van der Waals surface area contributed by atoms with Gasteiger partial charge in [-0.2, -0.15) is 5.26 Å². The van der Waals surface area contributed by atoms with Crippen molar-refractivity contribution < 1.29 is 4.92 Å². The minimum Gasteiger partial charge on any atom is -0.318 e. The van der Waals surface area contributed by atoms with Crippen molar-refractivity contribution in [2.45, 2.75) is 13.8 Å². The summed E-state index contributed by atoms with van der Waals surface area (Å²) in [4.78, 5) is 10.5. The van der Waals surface area contributed by atoms with Gasteiger partial charge in [0.15, 0.2) is 0 Å². The minimum atomic E-state index is -0.398. The van der Waals surface area contributed by atoms with Crippen LogP contribution in [0.15, 0.2) is 83.3 Å². The molecule has 0 N–H and O–H groups in total. The molecule has 0 aliphatic heterocycles. The number of benzene rings is 3. The molecule has 0 aliphatic rings. The lowest BCUT2D eigenvalue weighted by atomic mass is 10.0. The molecule has 0 radical (unpaired) electrons. The Labute approximate surface area is 200 Å². The normalized spacial score (nSPS) is 11.3. The SMILES string of the molecule is Cc1cc(/C=C(/C#N)c2ccc(Br)cc2)c(C)n1-c1ccc(-c2ccc([N+](=O)[O-])cc2)cc1. The predicted molar refractivity (Wildman–Crippen MR) is 135 cm³/mol. The van der Waals surface area contributed by atoms with Crippen molar-refractivity contribution in [3.05, 3.63) is 116 Å². The van der Waals surface area contributed by atoms with Gasteiger partial charge in [-0.3, -0.25) is 10.1 Å². The van der Waals surface area contributed by atoms with Crippen molar-refractivity contribution in [3.63, 3.8) is 0 Å². The molecule has 33 heavy (non-hydrogen) atoms. The molecule has 0 atom stereocenters. The molecular formula is C27H20BrN3O2. The highest BCUT2D eigenvalue weighted by Crippen LogP contribution is 2.28. The Morgan fingerprint density at radius 2 is 1.55 bits per heavy atom. The van der Waals surface area contributed by atoms with Crippen LogP contribution < -0.4 is 0 Å². The number of hydrogen-bond donors (Lipinski definition) is 0. The number of rotatable bonds is 5. The molecule has 3 aromatic carbocycles. The second-order valence-corrected chi connectivity index (χ2v) is 8.61. The molecule has 0 saturated carbocycles. The average molecular weight is 498 g/mol. The second-order valence-electron chi connectivity index (χ2n) is 7.69. The van der Waals surface area contributed by atoms with Crippen molar-refractivity contribution in [2.24, 2.45) is 0 Å². The Morgan fingerprint density at radius 3 is 2.09 bits per heavy atom. The van der Waals surface area contributed by atoms with Gasteiger partial charge in [0, 0.05) is 33.7 Å². The third-order valence-corrected chi connectivity index (χ3v) is 6.11. The van der Waals surface area contributed by atoms with E-state index in [1.807, 2.05) is 68.5 Å². The van der Waals surface area contributed by atoms with Gasteiger partial charge in [-0.1, -0.05) is 40.2 Å². The number of non-ortho nitro benzene ring substituents is 1. The van der Waals surface area contributed by atoms with E-state index in [4.69, 9.17) is 0 Å². The maximum absolute atomic E-state index is 10.9. The standard InChI is InChI=1S/C27H20BrN3O2/c1-18-15-23(16-24(17-29)22-3-9-25(28)10-4-22)19(2)30(18)26-11-5-20(6-12-26)21-7-13-27(14-8-21)31(32)33/h3-16H,1-2H3/b24-16-. The van der Waals surface area contributed by atoms with Crippen LogP contribution in [0, 0.1) is 35.3 Å². The zero-order valence-corrected chi connectivity index (χ0v) is 19.7. The molecule has 162 valence electrons. The Hall–Kier alpha value is -3.95. The molecule has 0 spiro atoms. The van der Waals surface area contributed by atoms with Crippen molar-refractivity contribution in [3.8, 4) is 22.9 Å². The molecule has 0 saturated heterocycles. The molecule has 4 rings (SSSR count). The quantitative estimate of drug-likeness (QED) is 0.163. The molecule has 1 aromatic heterocycles. The van der Waals surface area contributed by atoms with Gasteiger partial charge in [0.25, 0.3) is 5.69 Å². The first-order valence-electron chi connectivity index (χ1n) is 10.3. The van der Waals surface area contributed by atoms with Gasteiger partial charge in [-0.25, -0.2) is 0 Å². The van der Waals surface area contributed by atoms with E-state index in [0.717, 1.165) is 43.8 Å². The fourth-order valence-corrected chi connectivity index (χ4v) is 4.14. The Kier molecular flexibility index (Phi) is 6.25. The molecule has 0 bridgehead atoms. The maximum atomic E-state index is 10.9. The fourth-order valence-electron chi connectivity index (χ4n) is 3.87. The van der Waals surface area contributed by atoms with E-state index in [1.54, 1.807) is 12.1 Å². The van der Waals surface area contributed by atoms with Crippen LogP contribution in [0.4, 0.5) is 5.69 Å². The summed E-state index contributed by atoms with van der Waals surface area (Å²) in [5.74, 6) is 0. The van der Waals surface area contributed by atoms with E-state index in [2.05, 4.69) is 32.6 Å². The minimum absolute atomic E-state index is 0.0782. The number of nitriles is 1. The van der Waals surface area contributed by atoms with Gasteiger partial charge in [0.1, 0.15) is 0 Å². The number of halogens is 1. The van der Waals surface area contributed by atoms with Crippen LogP contribution in [0.25, 0.3) is 28.5 Å². The van der Waals surface area contributed by atoms with Crippen molar-refractivity contribution in [1.82, 2.24) is 4.57 Å². The van der Waals surface area contributed by atoms with Gasteiger partial charge < -0.3 is 4.57 Å². The third-order valence-electron chi connectivity index (χ3n) is 5.58. The summed E-state index contributed by atoms with van der Waals surface area (Å²) in [6.07, 6.45) is 1.92. The molecule has 0 aliphatic carbocycles. The van der Waals surface area contributed by atoms with Crippen LogP contribution in [-0.2, 0) is 0 Å². The molecule has 6 heteroatoms. The van der Waals surface area contributed by atoms with Crippen LogP contribution in [0.1, 0.15) is 22.5 Å². The highest BCUT2D eigenvalue weighted by atomic mass is 79.9. The monoisotopic (exact) mass is 497 g/mol. The van der Waals surface area contributed by atoms with Gasteiger partial charge in [0.2, 0.25) is 0 Å². The van der Waals surface area contributed by atoms with Gasteiger partial charge >= 0.3 is 0 Å². The molecule has 0 unspecified atom stereocenters. The van der Waals surface area contributed by atoms with E-state index in [0.29, 0.717) is 5.57 Å². The lowest BCUT2D eigenvalue weighted by Gasteiger charge is -2.11. The predicted octanol–water partition coefficient (Wildman–Crippen LogP) is 7.50. The molecule has 1 heterocycles. The van der Waals surface area contributed by atoms with Crippen LogP contribution in [0.2, 0.25) is 0 Å². The fraction of sp³-hybridized carbons (Fsp3) is 0.0741. The van der Waals surface area contributed by atoms with Crippen LogP contribution in [0.3, 0.4) is 0 Å². The molecule has 5 nitrogen and oxygen atoms in total. The first-order chi connectivity index (χ1) is 15.9. The van der Waals surface area contributed by atoms with Crippen LogP contribution in [0.5, 0.6) is 0 Å². The summed E-state index contributed by atoms with van der Waals surface area (Å²) in [6.45, 7) is 4.08. The number of allylic oxidation sites excluding steroid dienone is 1. The molecule has 0 amide bonds. The third kappa shape index (κ3) is 4.64. The van der Waals surface area contributed by atoms with Gasteiger partial charge in [0.05, 0.1) is 16.6 Å². The highest BCUT2D eigenvalue weighted by Gasteiger charge is 2.12. The zero-order valence-electron chi connectivity index (χ0n) is 18.1. The summed E-state index contributed by atoms with van der Waals surface area (Å²) in [5, 5.41) is 20.6. The summed E-state index contributed by atoms with van der Waals surface area (Å²) in [7, 11) is 0. The Balaban J connectivity index is 1.66. The summed E-state index contributed by atoms with van der Waals surface area (Å²) >= 11 is 3.43. The number of nitro benzene ring substituents is 1. The van der Waals surface area contributed by atoms with Gasteiger partial charge in [-0.05, 0) is 84.6 Å².